The number of aryl methyl sites for hydroxylation is 1. The Morgan fingerprint density at radius 3 is 2.86 bits per heavy atom. The second-order valence-corrected chi connectivity index (χ2v) is 6.60. The molecule has 2 amide bonds. The first-order valence-corrected chi connectivity index (χ1v) is 9.11. The number of rotatable bonds is 5. The largest absolute Gasteiger partial charge is 0.490 e. The van der Waals surface area contributed by atoms with Crippen molar-refractivity contribution >= 4 is 18.0 Å². The number of carbonyl (C=O) groups excluding carboxylic acids is 1. The molecule has 0 radical (unpaired) electrons. The number of amides is 2. The third-order valence-corrected chi connectivity index (χ3v) is 4.78. The van der Waals surface area contributed by atoms with Crippen LogP contribution in [0, 0.1) is 0 Å². The number of hydrogen-bond acceptors (Lipinski definition) is 6. The highest BCUT2D eigenvalue weighted by molar-refractivity contribution is 5.86. The lowest BCUT2D eigenvalue weighted by Crippen LogP contribution is -2.34. The lowest BCUT2D eigenvalue weighted by molar-refractivity contribution is 0.153. The summed E-state index contributed by atoms with van der Waals surface area (Å²) in [6, 6.07) is 3.81. The average molecular weight is 384 g/mol. The van der Waals surface area contributed by atoms with E-state index in [-0.39, 0.29) is 6.09 Å². The van der Waals surface area contributed by atoms with Crippen LogP contribution in [0.4, 0.5) is 15.4 Å². The van der Waals surface area contributed by atoms with Gasteiger partial charge in [-0.1, -0.05) is 0 Å². The van der Waals surface area contributed by atoms with Crippen LogP contribution in [-0.2, 0) is 11.2 Å². The van der Waals surface area contributed by atoms with Crippen molar-refractivity contribution < 1.29 is 24.2 Å². The molecule has 1 fully saturated rings. The highest BCUT2D eigenvalue weighted by Crippen LogP contribution is 2.30. The summed E-state index contributed by atoms with van der Waals surface area (Å²) in [6.45, 7) is 2.25. The van der Waals surface area contributed by atoms with Crippen LogP contribution in [0.1, 0.15) is 12.0 Å². The van der Waals surface area contributed by atoms with Crippen LogP contribution in [0.15, 0.2) is 30.7 Å². The number of hydrogen-bond donors (Lipinski definition) is 1. The molecule has 0 aromatic carbocycles. The van der Waals surface area contributed by atoms with Crippen LogP contribution in [0.3, 0.4) is 0 Å². The summed E-state index contributed by atoms with van der Waals surface area (Å²) in [5.41, 5.74) is 2.60. The molecule has 2 aromatic rings. The number of carboxylic acid groups (broad SMARTS) is 1. The number of cyclic esters (lactones) is 1. The van der Waals surface area contributed by atoms with E-state index < -0.39 is 6.09 Å². The molecule has 4 rings (SSSR count). The van der Waals surface area contributed by atoms with Crippen molar-refractivity contribution in [1.29, 1.82) is 0 Å². The molecule has 9 heteroatoms. The molecular weight excluding hydrogens is 364 g/mol. The average Bonchev–Trinajstić information content (AvgIpc) is 3.12. The number of anilines is 1. The molecule has 1 N–H and O–H groups in total. The Balaban J connectivity index is 1.47. The topological polar surface area (TPSA) is 105 Å². The summed E-state index contributed by atoms with van der Waals surface area (Å²) < 4.78 is 10.6. The SMILES string of the molecule is O=C1OCCN1CCOc1cncc(-c2cnc3c(c2)CCCN3C(=O)O)c1. The van der Waals surface area contributed by atoms with E-state index in [1.54, 1.807) is 23.5 Å². The molecule has 28 heavy (non-hydrogen) atoms. The fraction of sp³-hybridized carbons (Fsp3) is 0.368. The Bertz CT molecular complexity index is 904. The van der Waals surface area contributed by atoms with E-state index >= 15 is 0 Å². The summed E-state index contributed by atoms with van der Waals surface area (Å²) in [6.07, 6.45) is 5.24. The molecule has 0 unspecified atom stereocenters. The van der Waals surface area contributed by atoms with Gasteiger partial charge in [-0.25, -0.2) is 14.6 Å². The van der Waals surface area contributed by atoms with Gasteiger partial charge in [-0.2, -0.15) is 0 Å². The number of carbonyl (C=O) groups is 2. The maximum absolute atomic E-state index is 11.4. The van der Waals surface area contributed by atoms with Crippen LogP contribution in [0.25, 0.3) is 11.1 Å². The fourth-order valence-corrected chi connectivity index (χ4v) is 3.37. The van der Waals surface area contributed by atoms with Crippen LogP contribution in [-0.4, -0.2) is 65.0 Å². The van der Waals surface area contributed by atoms with E-state index in [1.165, 1.54) is 4.90 Å². The van der Waals surface area contributed by atoms with Crippen LogP contribution in [0.5, 0.6) is 5.75 Å². The van der Waals surface area contributed by atoms with Gasteiger partial charge in [-0.05, 0) is 30.5 Å². The van der Waals surface area contributed by atoms with E-state index in [2.05, 4.69) is 9.97 Å². The predicted molar refractivity (Wildman–Crippen MR) is 99.6 cm³/mol. The fourth-order valence-electron chi connectivity index (χ4n) is 3.37. The van der Waals surface area contributed by atoms with Crippen molar-refractivity contribution in [2.24, 2.45) is 0 Å². The van der Waals surface area contributed by atoms with Crippen molar-refractivity contribution in [2.45, 2.75) is 12.8 Å². The van der Waals surface area contributed by atoms with Crippen LogP contribution in [0.2, 0.25) is 0 Å². The third-order valence-electron chi connectivity index (χ3n) is 4.78. The Labute approximate surface area is 161 Å². The minimum Gasteiger partial charge on any atom is -0.490 e. The van der Waals surface area contributed by atoms with Crippen molar-refractivity contribution in [3.63, 3.8) is 0 Å². The van der Waals surface area contributed by atoms with Gasteiger partial charge in [0.05, 0.1) is 19.3 Å². The van der Waals surface area contributed by atoms with E-state index in [0.29, 0.717) is 44.4 Å². The number of pyridine rings is 2. The smallest absolute Gasteiger partial charge is 0.413 e. The molecule has 0 saturated carbocycles. The van der Waals surface area contributed by atoms with Gasteiger partial charge >= 0.3 is 12.2 Å². The number of nitrogens with zero attached hydrogens (tertiary/aromatic N) is 4. The molecule has 0 aliphatic carbocycles. The van der Waals surface area contributed by atoms with Gasteiger partial charge < -0.3 is 19.5 Å². The zero-order chi connectivity index (χ0) is 19.5. The maximum atomic E-state index is 11.4. The zero-order valence-electron chi connectivity index (χ0n) is 15.2. The number of ether oxygens (including phenoxy) is 2. The highest BCUT2D eigenvalue weighted by Gasteiger charge is 2.24. The Morgan fingerprint density at radius 2 is 2.07 bits per heavy atom. The molecule has 146 valence electrons. The standard InChI is InChI=1S/C19H20N4O5/c24-18(25)23-3-1-2-13-8-14(11-21-17(13)23)15-9-16(12-20-10-15)27-6-4-22-5-7-28-19(22)26/h8-12H,1-7H2,(H,24,25). The third kappa shape index (κ3) is 3.68. The molecule has 2 aromatic heterocycles. The van der Waals surface area contributed by atoms with Gasteiger partial charge in [0, 0.05) is 30.1 Å². The molecule has 4 heterocycles. The Morgan fingerprint density at radius 1 is 1.21 bits per heavy atom. The van der Waals surface area contributed by atoms with E-state index in [1.807, 2.05) is 12.1 Å². The van der Waals surface area contributed by atoms with Gasteiger partial charge in [-0.3, -0.25) is 9.88 Å². The number of aromatic nitrogens is 2. The Hall–Kier alpha value is -3.36. The molecule has 1 saturated heterocycles. The molecule has 9 nitrogen and oxygen atoms in total. The van der Waals surface area contributed by atoms with Gasteiger partial charge in [0.15, 0.2) is 0 Å². The number of fused-ring (bicyclic) bond motifs is 1. The lowest BCUT2D eigenvalue weighted by atomic mass is 10.0. The predicted octanol–water partition coefficient (Wildman–Crippen LogP) is 2.41. The highest BCUT2D eigenvalue weighted by atomic mass is 16.6. The summed E-state index contributed by atoms with van der Waals surface area (Å²) in [7, 11) is 0. The minimum atomic E-state index is -0.986. The monoisotopic (exact) mass is 384 g/mol. The Kier molecular flexibility index (Phi) is 4.96. The summed E-state index contributed by atoms with van der Waals surface area (Å²) >= 11 is 0. The summed E-state index contributed by atoms with van der Waals surface area (Å²) in [5, 5.41) is 9.31. The summed E-state index contributed by atoms with van der Waals surface area (Å²) in [4.78, 5) is 34.3. The van der Waals surface area contributed by atoms with Crippen molar-refractivity contribution in [3.05, 3.63) is 36.3 Å². The van der Waals surface area contributed by atoms with Crippen molar-refractivity contribution in [3.8, 4) is 16.9 Å². The molecule has 2 aliphatic rings. The van der Waals surface area contributed by atoms with Crippen molar-refractivity contribution in [2.75, 3.05) is 37.7 Å². The molecular formula is C19H20N4O5. The lowest BCUT2D eigenvalue weighted by Gasteiger charge is -2.26. The second-order valence-electron chi connectivity index (χ2n) is 6.60. The molecule has 0 spiro atoms. The summed E-state index contributed by atoms with van der Waals surface area (Å²) in [5.74, 6) is 1.09. The van der Waals surface area contributed by atoms with Gasteiger partial charge in [0.25, 0.3) is 0 Å². The van der Waals surface area contributed by atoms with Crippen LogP contribution < -0.4 is 9.64 Å². The first kappa shape index (κ1) is 18.0. The molecule has 0 bridgehead atoms. The first-order chi connectivity index (χ1) is 13.6. The zero-order valence-corrected chi connectivity index (χ0v) is 15.2. The maximum Gasteiger partial charge on any atom is 0.413 e. The van der Waals surface area contributed by atoms with E-state index in [9.17, 15) is 14.7 Å². The molecule has 0 atom stereocenters. The van der Waals surface area contributed by atoms with Crippen LogP contribution >= 0.6 is 0 Å². The first-order valence-electron chi connectivity index (χ1n) is 9.11. The molecule has 2 aliphatic heterocycles. The second kappa shape index (κ2) is 7.71. The quantitative estimate of drug-likeness (QED) is 0.844. The van der Waals surface area contributed by atoms with Crippen molar-refractivity contribution in [1.82, 2.24) is 14.9 Å². The minimum absolute atomic E-state index is 0.314. The van der Waals surface area contributed by atoms with Gasteiger partial charge in [-0.15, -0.1) is 0 Å². The van der Waals surface area contributed by atoms with Gasteiger partial charge in [0.2, 0.25) is 0 Å². The van der Waals surface area contributed by atoms with E-state index in [0.717, 1.165) is 29.5 Å². The van der Waals surface area contributed by atoms with E-state index in [4.69, 9.17) is 9.47 Å². The normalized spacial score (nSPS) is 15.9. The van der Waals surface area contributed by atoms with Gasteiger partial charge in [0.1, 0.15) is 24.8 Å².